The maximum absolute atomic E-state index is 12.1. The van der Waals surface area contributed by atoms with Crippen LogP contribution in [0, 0.1) is 19.8 Å². The summed E-state index contributed by atoms with van der Waals surface area (Å²) in [6.07, 6.45) is 0.947. The number of benzene rings is 1. The van der Waals surface area contributed by atoms with Crippen LogP contribution in [-0.2, 0) is 14.3 Å². The molecule has 0 aliphatic carbocycles. The number of carbonyl (C=O) groups excluding carboxylic acids is 2. The van der Waals surface area contributed by atoms with Crippen LogP contribution in [0.1, 0.15) is 30.4 Å². The number of ether oxygens (including phenoxy) is 1. The van der Waals surface area contributed by atoms with Crippen molar-refractivity contribution in [2.75, 3.05) is 11.9 Å². The fourth-order valence-electron chi connectivity index (χ4n) is 2.56. The van der Waals surface area contributed by atoms with Gasteiger partial charge in [-0.3, -0.25) is 4.79 Å². The van der Waals surface area contributed by atoms with E-state index in [0.29, 0.717) is 18.7 Å². The van der Waals surface area contributed by atoms with Crippen molar-refractivity contribution in [3.05, 3.63) is 29.3 Å². The molecule has 0 radical (unpaired) electrons. The van der Waals surface area contributed by atoms with E-state index < -0.39 is 18.0 Å². The number of hydrogen-bond donors (Lipinski definition) is 1. The smallest absolute Gasteiger partial charge is 0.225 e. The Morgan fingerprint density at radius 2 is 2.19 bits per heavy atom. The van der Waals surface area contributed by atoms with E-state index in [1.807, 2.05) is 32.0 Å². The van der Waals surface area contributed by atoms with Crippen molar-refractivity contribution in [3.63, 3.8) is 0 Å². The minimum absolute atomic E-state index is 0.125. The molecule has 2 atom stereocenters. The highest BCUT2D eigenvalue weighted by Crippen LogP contribution is 2.24. The summed E-state index contributed by atoms with van der Waals surface area (Å²) in [5.41, 5.74) is 2.69. The summed E-state index contributed by atoms with van der Waals surface area (Å²) >= 11 is 0. The van der Waals surface area contributed by atoms with E-state index in [4.69, 9.17) is 4.74 Å². The Labute approximate surface area is 124 Å². The van der Waals surface area contributed by atoms with Crippen LogP contribution in [0.2, 0.25) is 0 Å². The Bertz CT molecular complexity index is 535. The number of hydrogen-bond acceptors (Lipinski definition) is 4. The quantitative estimate of drug-likeness (QED) is 0.883. The Hall–Kier alpha value is -1.88. The van der Waals surface area contributed by atoms with Crippen LogP contribution in [0.5, 0.6) is 0 Å². The highest BCUT2D eigenvalue weighted by molar-refractivity contribution is 5.93. The predicted octanol–water partition coefficient (Wildman–Crippen LogP) is 1.18. The Morgan fingerprint density at radius 3 is 2.81 bits per heavy atom. The molecule has 1 amide bonds. The third-order valence-corrected chi connectivity index (χ3v) is 3.79. The number of aliphatic carboxylic acids is 1. The number of carboxylic acid groups (broad SMARTS) is 1. The van der Waals surface area contributed by atoms with E-state index in [2.05, 4.69) is 5.32 Å². The molecule has 2 rings (SSSR count). The summed E-state index contributed by atoms with van der Waals surface area (Å²) in [6, 6.07) is 5.75. The molecule has 1 heterocycles. The molecule has 1 saturated heterocycles. The van der Waals surface area contributed by atoms with E-state index in [9.17, 15) is 14.7 Å². The molecule has 1 aliphatic rings. The molecular weight excluding hydrogens is 270 g/mol. The summed E-state index contributed by atoms with van der Waals surface area (Å²) in [6.45, 7) is 4.38. The van der Waals surface area contributed by atoms with Gasteiger partial charge in [0.2, 0.25) is 5.91 Å². The number of amides is 1. The van der Waals surface area contributed by atoms with E-state index >= 15 is 0 Å². The molecule has 1 aromatic carbocycles. The van der Waals surface area contributed by atoms with Crippen molar-refractivity contribution in [3.8, 4) is 0 Å². The van der Waals surface area contributed by atoms with Crippen molar-refractivity contribution in [2.24, 2.45) is 5.92 Å². The van der Waals surface area contributed by atoms with Crippen LogP contribution in [0.15, 0.2) is 18.2 Å². The van der Waals surface area contributed by atoms with Crippen molar-refractivity contribution < 1.29 is 19.4 Å². The predicted molar refractivity (Wildman–Crippen MR) is 76.6 cm³/mol. The van der Waals surface area contributed by atoms with Gasteiger partial charge in [0.05, 0.1) is 6.10 Å². The lowest BCUT2D eigenvalue weighted by atomic mass is 9.96. The third kappa shape index (κ3) is 4.04. The number of rotatable bonds is 5. The van der Waals surface area contributed by atoms with Gasteiger partial charge in [-0.15, -0.1) is 0 Å². The lowest BCUT2D eigenvalue weighted by Crippen LogP contribution is -2.40. The van der Waals surface area contributed by atoms with E-state index in [0.717, 1.165) is 17.5 Å². The summed E-state index contributed by atoms with van der Waals surface area (Å²) in [4.78, 5) is 23.3. The van der Waals surface area contributed by atoms with Gasteiger partial charge < -0.3 is 20.0 Å². The van der Waals surface area contributed by atoms with Crippen molar-refractivity contribution in [1.82, 2.24) is 0 Å². The molecule has 1 N–H and O–H groups in total. The average molecular weight is 290 g/mol. The van der Waals surface area contributed by atoms with Gasteiger partial charge in [-0.2, -0.15) is 0 Å². The van der Waals surface area contributed by atoms with Gasteiger partial charge in [-0.1, -0.05) is 12.1 Å². The second-order valence-electron chi connectivity index (χ2n) is 5.55. The number of carbonyl (C=O) groups is 2. The summed E-state index contributed by atoms with van der Waals surface area (Å²) in [7, 11) is 0. The van der Waals surface area contributed by atoms with Gasteiger partial charge in [-0.25, -0.2) is 0 Å². The molecule has 21 heavy (non-hydrogen) atoms. The van der Waals surface area contributed by atoms with Crippen LogP contribution in [-0.4, -0.2) is 24.6 Å². The Balaban J connectivity index is 2.02. The van der Waals surface area contributed by atoms with Gasteiger partial charge >= 0.3 is 0 Å². The topological polar surface area (TPSA) is 78.5 Å². The maximum Gasteiger partial charge on any atom is 0.225 e. The molecule has 1 aliphatic heterocycles. The Kier molecular flexibility index (Phi) is 4.96. The number of carboxylic acids is 1. The van der Waals surface area contributed by atoms with Crippen LogP contribution in [0.3, 0.4) is 0 Å². The van der Waals surface area contributed by atoms with E-state index in [-0.39, 0.29) is 12.3 Å². The standard InChI is InChI=1S/C16H21NO4/c1-10-5-6-11(2)13(8-10)17-15(18)9-12(16(19)20)14-4-3-7-21-14/h5-6,8,12,14H,3-4,7,9H2,1-2H3,(H,17,18)(H,19,20)/p-1/t12-,14+/m1/s1. The molecular formula is C16H20NO4-. The lowest BCUT2D eigenvalue weighted by Gasteiger charge is -2.23. The van der Waals surface area contributed by atoms with Crippen LogP contribution in [0.4, 0.5) is 5.69 Å². The zero-order chi connectivity index (χ0) is 15.4. The van der Waals surface area contributed by atoms with Crippen LogP contribution < -0.4 is 10.4 Å². The van der Waals surface area contributed by atoms with Gasteiger partial charge in [0, 0.05) is 30.6 Å². The molecule has 0 saturated carbocycles. The third-order valence-electron chi connectivity index (χ3n) is 3.79. The summed E-state index contributed by atoms with van der Waals surface area (Å²) in [5, 5.41) is 14.0. The number of aryl methyl sites for hydroxylation is 2. The second kappa shape index (κ2) is 6.72. The van der Waals surface area contributed by atoms with E-state index in [1.54, 1.807) is 0 Å². The minimum atomic E-state index is -1.22. The first kappa shape index (κ1) is 15.5. The Morgan fingerprint density at radius 1 is 1.43 bits per heavy atom. The van der Waals surface area contributed by atoms with Gasteiger partial charge in [0.1, 0.15) is 0 Å². The number of nitrogens with one attached hydrogen (secondary N) is 1. The van der Waals surface area contributed by atoms with Gasteiger partial charge in [0.15, 0.2) is 0 Å². The van der Waals surface area contributed by atoms with Crippen LogP contribution >= 0.6 is 0 Å². The SMILES string of the molecule is Cc1ccc(C)c(NC(=O)C[C@@H](C(=O)[O-])[C@@H]2CCCO2)c1. The number of anilines is 1. The van der Waals surface area contributed by atoms with Crippen molar-refractivity contribution >= 4 is 17.6 Å². The van der Waals surface area contributed by atoms with Crippen LogP contribution in [0.25, 0.3) is 0 Å². The highest BCUT2D eigenvalue weighted by atomic mass is 16.5. The van der Waals surface area contributed by atoms with Gasteiger partial charge in [0.25, 0.3) is 0 Å². The zero-order valence-corrected chi connectivity index (χ0v) is 12.3. The van der Waals surface area contributed by atoms with Crippen molar-refractivity contribution in [2.45, 2.75) is 39.2 Å². The minimum Gasteiger partial charge on any atom is -0.550 e. The first-order chi connectivity index (χ1) is 9.97. The fraction of sp³-hybridized carbons (Fsp3) is 0.500. The summed E-state index contributed by atoms with van der Waals surface area (Å²) < 4.78 is 5.37. The molecule has 0 spiro atoms. The molecule has 5 heteroatoms. The highest BCUT2D eigenvalue weighted by Gasteiger charge is 2.29. The molecule has 1 fully saturated rings. The monoisotopic (exact) mass is 290 g/mol. The summed E-state index contributed by atoms with van der Waals surface area (Å²) in [5.74, 6) is -2.44. The van der Waals surface area contributed by atoms with Gasteiger partial charge in [-0.05, 0) is 43.9 Å². The normalized spacial score (nSPS) is 19.2. The molecule has 114 valence electrons. The zero-order valence-electron chi connectivity index (χ0n) is 12.3. The largest absolute Gasteiger partial charge is 0.550 e. The fourth-order valence-corrected chi connectivity index (χ4v) is 2.56. The van der Waals surface area contributed by atoms with Crippen molar-refractivity contribution in [1.29, 1.82) is 0 Å². The molecule has 5 nitrogen and oxygen atoms in total. The first-order valence-electron chi connectivity index (χ1n) is 7.17. The molecule has 0 bridgehead atoms. The molecule has 1 aromatic rings. The maximum atomic E-state index is 12.1. The average Bonchev–Trinajstić information content (AvgIpc) is 2.93. The second-order valence-corrected chi connectivity index (χ2v) is 5.55. The first-order valence-corrected chi connectivity index (χ1v) is 7.17. The molecule has 0 aromatic heterocycles. The lowest BCUT2D eigenvalue weighted by molar-refractivity contribution is -0.314. The molecule has 0 unspecified atom stereocenters. The van der Waals surface area contributed by atoms with E-state index in [1.165, 1.54) is 0 Å².